The van der Waals surface area contributed by atoms with E-state index in [1.165, 1.54) is 0 Å². The minimum atomic E-state index is -0.227. The van der Waals surface area contributed by atoms with E-state index in [0.717, 1.165) is 55.4 Å². The summed E-state index contributed by atoms with van der Waals surface area (Å²) in [5.41, 5.74) is 3.44. The fourth-order valence-corrected chi connectivity index (χ4v) is 3.74. The maximum Gasteiger partial charge on any atom is 0.262 e. The highest BCUT2D eigenvalue weighted by molar-refractivity contribution is 5.93. The van der Waals surface area contributed by atoms with Crippen molar-refractivity contribution in [2.75, 3.05) is 51.4 Å². The van der Waals surface area contributed by atoms with Gasteiger partial charge in [0, 0.05) is 44.1 Å². The number of para-hydroxylation sites is 1. The largest absolute Gasteiger partial charge is 0.492 e. The molecule has 0 aliphatic carbocycles. The van der Waals surface area contributed by atoms with Gasteiger partial charge in [0.1, 0.15) is 18.1 Å². The number of amides is 1. The zero-order valence-electron chi connectivity index (χ0n) is 19.1. The van der Waals surface area contributed by atoms with E-state index in [2.05, 4.69) is 15.3 Å². The first-order chi connectivity index (χ1) is 16.1. The first-order valence-corrected chi connectivity index (χ1v) is 11.1. The van der Waals surface area contributed by atoms with Gasteiger partial charge in [-0.1, -0.05) is 18.2 Å². The molecule has 1 aliphatic rings. The summed E-state index contributed by atoms with van der Waals surface area (Å²) < 4.78 is 19.0. The summed E-state index contributed by atoms with van der Waals surface area (Å²) >= 11 is 0. The number of aromatic nitrogens is 2. The van der Waals surface area contributed by atoms with Crippen LogP contribution in [0.2, 0.25) is 0 Å². The zero-order valence-corrected chi connectivity index (χ0v) is 19.1. The summed E-state index contributed by atoms with van der Waals surface area (Å²) in [5, 5.41) is 7.20. The second-order valence-electron chi connectivity index (χ2n) is 7.96. The number of benzene rings is 2. The Balaban J connectivity index is 1.42. The van der Waals surface area contributed by atoms with Crippen LogP contribution >= 0.6 is 0 Å². The molecule has 1 aromatic heterocycles. The number of anilines is 1. The fraction of sp³-hybridized carbons (Fsp3) is 0.360. The summed E-state index contributed by atoms with van der Waals surface area (Å²) in [4.78, 5) is 14.8. The third-order valence-corrected chi connectivity index (χ3v) is 5.58. The molecule has 1 amide bonds. The van der Waals surface area contributed by atoms with Gasteiger partial charge in [-0.05, 0) is 42.8 Å². The van der Waals surface area contributed by atoms with Crippen LogP contribution in [0.15, 0.2) is 54.7 Å². The molecule has 1 N–H and O–H groups in total. The molecule has 8 nitrogen and oxygen atoms in total. The van der Waals surface area contributed by atoms with Gasteiger partial charge in [-0.25, -0.2) is 0 Å². The highest BCUT2D eigenvalue weighted by atomic mass is 16.5. The average Bonchev–Trinajstić information content (AvgIpc) is 3.25. The van der Waals surface area contributed by atoms with Crippen molar-refractivity contribution >= 4 is 11.6 Å². The zero-order chi connectivity index (χ0) is 23.0. The van der Waals surface area contributed by atoms with Crippen LogP contribution in [0, 0.1) is 6.92 Å². The standard InChI is InChI=1S/C25H30N4O4/c1-19-5-3-4-6-23(19)33-18-25(30)27-20-7-8-24(21(17-20)22-9-10-26-28(22)2)32-16-13-29-11-14-31-15-12-29/h3-10,17H,11-16,18H2,1-2H3,(H,27,30). The van der Waals surface area contributed by atoms with E-state index in [4.69, 9.17) is 14.2 Å². The lowest BCUT2D eigenvalue weighted by Crippen LogP contribution is -2.38. The smallest absolute Gasteiger partial charge is 0.262 e. The number of hydrogen-bond donors (Lipinski definition) is 1. The van der Waals surface area contributed by atoms with Gasteiger partial charge in [-0.15, -0.1) is 0 Å². The number of hydrogen-bond acceptors (Lipinski definition) is 6. The summed E-state index contributed by atoms with van der Waals surface area (Å²) in [6.07, 6.45) is 1.74. The molecule has 0 radical (unpaired) electrons. The minimum absolute atomic E-state index is 0.0658. The van der Waals surface area contributed by atoms with E-state index in [-0.39, 0.29) is 12.5 Å². The second kappa shape index (κ2) is 11.0. The lowest BCUT2D eigenvalue weighted by atomic mass is 10.1. The SMILES string of the molecule is Cc1ccccc1OCC(=O)Nc1ccc(OCCN2CCOCC2)c(-c2ccnn2C)c1. The molecule has 1 aliphatic heterocycles. The van der Waals surface area contributed by atoms with Gasteiger partial charge >= 0.3 is 0 Å². The molecule has 2 aromatic carbocycles. The van der Waals surface area contributed by atoms with Gasteiger partial charge < -0.3 is 19.5 Å². The Labute approximate surface area is 194 Å². The summed E-state index contributed by atoms with van der Waals surface area (Å²) in [7, 11) is 1.88. The van der Waals surface area contributed by atoms with E-state index in [1.54, 1.807) is 10.9 Å². The van der Waals surface area contributed by atoms with Gasteiger partial charge in [-0.2, -0.15) is 5.10 Å². The van der Waals surface area contributed by atoms with Crippen molar-refractivity contribution in [2.24, 2.45) is 7.05 Å². The average molecular weight is 451 g/mol. The molecule has 0 atom stereocenters. The topological polar surface area (TPSA) is 77.8 Å². The predicted molar refractivity (Wildman–Crippen MR) is 127 cm³/mol. The number of nitrogens with one attached hydrogen (secondary N) is 1. The number of morpholine rings is 1. The van der Waals surface area contributed by atoms with Crippen molar-refractivity contribution in [2.45, 2.75) is 6.92 Å². The lowest BCUT2D eigenvalue weighted by molar-refractivity contribution is -0.118. The Bertz CT molecular complexity index is 1080. The predicted octanol–water partition coefficient (Wildman–Crippen LogP) is 3.12. The van der Waals surface area contributed by atoms with Gasteiger partial charge in [-0.3, -0.25) is 14.4 Å². The molecule has 0 bridgehead atoms. The molecule has 1 fully saturated rings. The molecule has 174 valence electrons. The van der Waals surface area contributed by atoms with Crippen LogP contribution in [0.1, 0.15) is 5.56 Å². The van der Waals surface area contributed by atoms with E-state index in [1.807, 2.05) is 62.5 Å². The monoisotopic (exact) mass is 450 g/mol. The maximum absolute atomic E-state index is 12.5. The van der Waals surface area contributed by atoms with Crippen LogP contribution in [0.4, 0.5) is 5.69 Å². The van der Waals surface area contributed by atoms with Crippen molar-refractivity contribution in [3.05, 3.63) is 60.3 Å². The first kappa shape index (κ1) is 22.8. The second-order valence-corrected chi connectivity index (χ2v) is 7.96. The van der Waals surface area contributed by atoms with Gasteiger partial charge in [0.05, 0.1) is 18.9 Å². The molecule has 3 aromatic rings. The summed E-state index contributed by atoms with van der Waals surface area (Å²) in [6, 6.07) is 15.2. The van der Waals surface area contributed by atoms with Gasteiger partial charge in [0.2, 0.25) is 0 Å². The molecule has 0 spiro atoms. The van der Waals surface area contributed by atoms with Crippen molar-refractivity contribution in [1.29, 1.82) is 0 Å². The number of carbonyl (C=O) groups is 1. The maximum atomic E-state index is 12.5. The van der Waals surface area contributed by atoms with Crippen LogP contribution in [-0.4, -0.2) is 66.6 Å². The molecule has 2 heterocycles. The fourth-order valence-electron chi connectivity index (χ4n) is 3.74. The molecule has 8 heteroatoms. The lowest BCUT2D eigenvalue weighted by Gasteiger charge is -2.26. The highest BCUT2D eigenvalue weighted by Crippen LogP contribution is 2.32. The van der Waals surface area contributed by atoms with Crippen molar-refractivity contribution in [3.63, 3.8) is 0 Å². The van der Waals surface area contributed by atoms with Crippen LogP contribution in [0.25, 0.3) is 11.3 Å². The summed E-state index contributed by atoms with van der Waals surface area (Å²) in [5.74, 6) is 1.23. The Morgan fingerprint density at radius 2 is 1.91 bits per heavy atom. The molecular weight excluding hydrogens is 420 g/mol. The van der Waals surface area contributed by atoms with Crippen LogP contribution < -0.4 is 14.8 Å². The number of ether oxygens (including phenoxy) is 3. The Kier molecular flexibility index (Phi) is 7.59. The van der Waals surface area contributed by atoms with E-state index < -0.39 is 0 Å². The van der Waals surface area contributed by atoms with Crippen molar-refractivity contribution < 1.29 is 19.0 Å². The quantitative estimate of drug-likeness (QED) is 0.540. The molecule has 0 unspecified atom stereocenters. The number of carbonyl (C=O) groups excluding carboxylic acids is 1. The van der Waals surface area contributed by atoms with E-state index in [0.29, 0.717) is 18.0 Å². The molecule has 1 saturated heterocycles. The molecule has 0 saturated carbocycles. The molecular formula is C25H30N4O4. The van der Waals surface area contributed by atoms with Crippen LogP contribution in [0.5, 0.6) is 11.5 Å². The normalized spacial score (nSPS) is 14.1. The van der Waals surface area contributed by atoms with Crippen molar-refractivity contribution in [1.82, 2.24) is 14.7 Å². The Morgan fingerprint density at radius 3 is 2.67 bits per heavy atom. The Hall–Kier alpha value is -3.36. The van der Waals surface area contributed by atoms with E-state index >= 15 is 0 Å². The third-order valence-electron chi connectivity index (χ3n) is 5.58. The van der Waals surface area contributed by atoms with Crippen LogP contribution in [-0.2, 0) is 16.6 Å². The third kappa shape index (κ3) is 6.12. The minimum Gasteiger partial charge on any atom is -0.492 e. The van der Waals surface area contributed by atoms with Gasteiger partial charge in [0.25, 0.3) is 5.91 Å². The summed E-state index contributed by atoms with van der Waals surface area (Å²) in [6.45, 7) is 6.67. The van der Waals surface area contributed by atoms with Gasteiger partial charge in [0.15, 0.2) is 6.61 Å². The van der Waals surface area contributed by atoms with E-state index in [9.17, 15) is 4.79 Å². The Morgan fingerprint density at radius 1 is 1.09 bits per heavy atom. The number of nitrogens with zero attached hydrogens (tertiary/aromatic N) is 3. The van der Waals surface area contributed by atoms with Crippen LogP contribution in [0.3, 0.4) is 0 Å². The first-order valence-electron chi connectivity index (χ1n) is 11.1. The van der Waals surface area contributed by atoms with Crippen molar-refractivity contribution in [3.8, 4) is 22.8 Å². The molecule has 33 heavy (non-hydrogen) atoms. The number of rotatable bonds is 9. The highest BCUT2D eigenvalue weighted by Gasteiger charge is 2.15. The molecule has 4 rings (SSSR count). The number of aryl methyl sites for hydroxylation is 2.